The lowest BCUT2D eigenvalue weighted by molar-refractivity contribution is -1.06. The van der Waals surface area contributed by atoms with Gasteiger partial charge in [0, 0.05) is 0 Å². The van der Waals surface area contributed by atoms with Crippen LogP contribution in [-0.2, 0) is 9.57 Å². The van der Waals surface area contributed by atoms with Crippen molar-refractivity contribution in [3.05, 3.63) is 5.21 Å². The molecule has 1 aliphatic heterocycles. The maximum Gasteiger partial charge on any atom is 0.137 e. The second kappa shape index (κ2) is 2.38. The van der Waals surface area contributed by atoms with Crippen molar-refractivity contribution in [2.24, 2.45) is 5.84 Å². The number of quaternary nitrogens is 1. The van der Waals surface area contributed by atoms with E-state index >= 15 is 0 Å². The van der Waals surface area contributed by atoms with Crippen molar-refractivity contribution in [1.82, 2.24) is 0 Å². The van der Waals surface area contributed by atoms with Crippen molar-refractivity contribution < 1.29 is 14.9 Å². The molecule has 2 unspecified atom stereocenters. The molecular formula is C3H8N2O3. The van der Waals surface area contributed by atoms with Crippen molar-refractivity contribution in [3.8, 4) is 0 Å². The van der Waals surface area contributed by atoms with Crippen molar-refractivity contribution >= 4 is 0 Å². The Bertz CT molecular complexity index is 70.9. The molecule has 1 fully saturated rings. The van der Waals surface area contributed by atoms with E-state index in [1.165, 1.54) is 0 Å². The molecule has 0 radical (unpaired) electrons. The highest BCUT2D eigenvalue weighted by Crippen LogP contribution is 2.06. The van der Waals surface area contributed by atoms with Gasteiger partial charge in [-0.15, -0.1) is 11.2 Å². The van der Waals surface area contributed by atoms with Gasteiger partial charge in [-0.3, -0.25) is 0 Å². The Balaban J connectivity index is 1.87. The lowest BCUT2D eigenvalue weighted by Gasteiger charge is -2.10. The van der Waals surface area contributed by atoms with Crippen molar-refractivity contribution in [1.29, 1.82) is 0 Å². The van der Waals surface area contributed by atoms with E-state index in [0.717, 1.165) is 0 Å². The van der Waals surface area contributed by atoms with Gasteiger partial charge in [0.1, 0.15) is 12.7 Å². The summed E-state index contributed by atoms with van der Waals surface area (Å²) < 4.78 is 4.73. The average molecular weight is 120 g/mol. The molecule has 0 aromatic rings. The number of epoxide rings is 1. The van der Waals surface area contributed by atoms with E-state index in [1.807, 2.05) is 0 Å². The summed E-state index contributed by atoms with van der Waals surface area (Å²) in [5.41, 5.74) is 0. The third-order valence-corrected chi connectivity index (χ3v) is 0.814. The van der Waals surface area contributed by atoms with E-state index in [4.69, 9.17) is 4.74 Å². The zero-order valence-electron chi connectivity index (χ0n) is 4.29. The number of ether oxygens (including phenoxy) is 1. The van der Waals surface area contributed by atoms with Crippen molar-refractivity contribution in [2.75, 3.05) is 13.2 Å². The van der Waals surface area contributed by atoms with Gasteiger partial charge in [0.25, 0.3) is 0 Å². The highest BCUT2D eigenvalue weighted by Gasteiger charge is 2.23. The Kier molecular flexibility index (Phi) is 1.77. The first-order valence-electron chi connectivity index (χ1n) is 2.33. The van der Waals surface area contributed by atoms with Gasteiger partial charge >= 0.3 is 0 Å². The largest absolute Gasteiger partial charge is 0.580 e. The summed E-state index contributed by atoms with van der Waals surface area (Å²) in [6.07, 6.45) is 0.113. The lowest BCUT2D eigenvalue weighted by Crippen LogP contribution is -3.12. The van der Waals surface area contributed by atoms with Gasteiger partial charge < -0.3 is 9.94 Å². The van der Waals surface area contributed by atoms with Gasteiger partial charge in [0.15, 0.2) is 0 Å². The molecule has 48 valence electrons. The molecule has 0 aromatic carbocycles. The molecule has 2 atom stereocenters. The molecule has 1 rings (SSSR count). The van der Waals surface area contributed by atoms with Gasteiger partial charge in [0.2, 0.25) is 0 Å². The van der Waals surface area contributed by atoms with Gasteiger partial charge in [-0.05, 0) is 0 Å². The Hall–Kier alpha value is -0.200. The minimum absolute atomic E-state index is 0.113. The zero-order valence-corrected chi connectivity index (χ0v) is 4.29. The molecule has 0 amide bonds. The van der Waals surface area contributed by atoms with Crippen LogP contribution in [-0.4, -0.2) is 19.3 Å². The topological polar surface area (TPSA) is 75.3 Å². The second-order valence-corrected chi connectivity index (χ2v) is 1.59. The van der Waals surface area contributed by atoms with E-state index in [2.05, 4.69) is 10.7 Å². The number of hydrogen-bond acceptors (Lipinski definition) is 4. The summed E-state index contributed by atoms with van der Waals surface area (Å²) in [7, 11) is 0. The summed E-state index contributed by atoms with van der Waals surface area (Å²) >= 11 is 0. The molecule has 0 bridgehead atoms. The SMILES string of the molecule is N[NH+]([O-])OCC1CO1. The zero-order chi connectivity index (χ0) is 5.98. The highest BCUT2D eigenvalue weighted by molar-refractivity contribution is 4.65. The first-order valence-corrected chi connectivity index (χ1v) is 2.33. The summed E-state index contributed by atoms with van der Waals surface area (Å²) in [5, 5.41) is 9.14. The van der Waals surface area contributed by atoms with Gasteiger partial charge in [-0.1, -0.05) is 0 Å². The van der Waals surface area contributed by atoms with Crippen LogP contribution in [0.3, 0.4) is 0 Å². The maximum absolute atomic E-state index is 9.88. The molecule has 1 aliphatic rings. The molecule has 3 N–H and O–H groups in total. The molecule has 0 saturated carbocycles. The Morgan fingerprint density at radius 1 is 2.00 bits per heavy atom. The summed E-state index contributed by atoms with van der Waals surface area (Å²) in [6, 6.07) is 0. The van der Waals surface area contributed by atoms with Crippen LogP contribution in [0.5, 0.6) is 0 Å². The third-order valence-electron chi connectivity index (χ3n) is 0.814. The molecule has 1 saturated heterocycles. The van der Waals surface area contributed by atoms with Crippen LogP contribution in [0.4, 0.5) is 0 Å². The fourth-order valence-electron chi connectivity index (χ4n) is 0.339. The predicted molar refractivity (Wildman–Crippen MR) is 24.2 cm³/mol. The van der Waals surface area contributed by atoms with Crippen LogP contribution < -0.4 is 11.2 Å². The quantitative estimate of drug-likeness (QED) is 0.247. The third kappa shape index (κ3) is 2.20. The molecule has 5 heteroatoms. The second-order valence-electron chi connectivity index (χ2n) is 1.59. The van der Waals surface area contributed by atoms with Crippen LogP contribution in [0.2, 0.25) is 0 Å². The Morgan fingerprint density at radius 2 is 2.62 bits per heavy atom. The van der Waals surface area contributed by atoms with Crippen LogP contribution in [0, 0.1) is 5.21 Å². The minimum atomic E-state index is -0.736. The molecule has 0 aliphatic carbocycles. The fraction of sp³-hybridized carbons (Fsp3) is 1.00. The lowest BCUT2D eigenvalue weighted by atomic mass is 10.5. The highest BCUT2D eigenvalue weighted by atomic mass is 16.9. The molecule has 8 heavy (non-hydrogen) atoms. The molecule has 0 aromatic heterocycles. The van der Waals surface area contributed by atoms with Crippen molar-refractivity contribution in [2.45, 2.75) is 6.10 Å². The van der Waals surface area contributed by atoms with Gasteiger partial charge in [0.05, 0.1) is 6.61 Å². The predicted octanol–water partition coefficient (Wildman–Crippen LogP) is -2.43. The molecule has 0 spiro atoms. The smallest absolute Gasteiger partial charge is 0.137 e. The number of nitrogens with two attached hydrogens (primary N) is 1. The van der Waals surface area contributed by atoms with Crippen molar-refractivity contribution in [3.63, 3.8) is 0 Å². The minimum Gasteiger partial charge on any atom is -0.580 e. The maximum atomic E-state index is 9.88. The average Bonchev–Trinajstić information content (AvgIpc) is 2.41. The number of hydrogen-bond donors (Lipinski definition) is 2. The van der Waals surface area contributed by atoms with E-state index in [0.29, 0.717) is 13.2 Å². The molecular weight excluding hydrogens is 112 g/mol. The van der Waals surface area contributed by atoms with Crippen LogP contribution in [0.15, 0.2) is 0 Å². The Labute approximate surface area is 46.5 Å². The van der Waals surface area contributed by atoms with Gasteiger partial charge in [-0.2, -0.15) is 4.84 Å². The first kappa shape index (κ1) is 5.93. The molecule has 5 nitrogen and oxygen atoms in total. The first-order chi connectivity index (χ1) is 3.79. The standard InChI is InChI=1S/C3H8N2O3/c4-5(6)8-2-3-1-7-3/h3,5H,1-2,4H2. The van der Waals surface area contributed by atoms with E-state index in [-0.39, 0.29) is 6.10 Å². The van der Waals surface area contributed by atoms with E-state index in [9.17, 15) is 5.21 Å². The fourth-order valence-corrected chi connectivity index (χ4v) is 0.339. The van der Waals surface area contributed by atoms with Gasteiger partial charge in [-0.25, -0.2) is 0 Å². The van der Waals surface area contributed by atoms with E-state index in [1.54, 1.807) is 0 Å². The van der Waals surface area contributed by atoms with Crippen LogP contribution in [0.25, 0.3) is 0 Å². The summed E-state index contributed by atoms with van der Waals surface area (Å²) in [4.78, 5) is 4.38. The Morgan fingerprint density at radius 3 is 3.00 bits per heavy atom. The number of rotatable bonds is 3. The number of nitrogens with one attached hydrogen (secondary N) is 1. The summed E-state index contributed by atoms with van der Waals surface area (Å²) in [5.74, 6) is 4.65. The summed E-state index contributed by atoms with van der Waals surface area (Å²) in [6.45, 7) is 0.989. The van der Waals surface area contributed by atoms with E-state index < -0.39 is 5.34 Å². The normalized spacial score (nSPS) is 30.0. The molecule has 1 heterocycles. The monoisotopic (exact) mass is 120 g/mol. The van der Waals surface area contributed by atoms with Crippen LogP contribution in [0.1, 0.15) is 0 Å². The van der Waals surface area contributed by atoms with Crippen LogP contribution >= 0.6 is 0 Å².